The number of halogens is 1. The molecule has 160 valence electrons. The molecule has 3 saturated heterocycles. The van der Waals surface area contributed by atoms with E-state index in [2.05, 4.69) is 9.80 Å². The number of amides is 1. The Hall–Kier alpha value is -1.66. The summed E-state index contributed by atoms with van der Waals surface area (Å²) in [4.78, 5) is 16.9. The third-order valence-corrected chi connectivity index (χ3v) is 7.20. The number of hydrogen-bond acceptors (Lipinski definition) is 4. The van der Waals surface area contributed by atoms with Crippen molar-refractivity contribution in [3.63, 3.8) is 0 Å². The molecule has 3 aliphatic heterocycles. The number of benzene rings is 1. The molecular formula is C23H33FN2O3. The van der Waals surface area contributed by atoms with Gasteiger partial charge in [-0.15, -0.1) is 0 Å². The molecule has 0 aromatic heterocycles. The van der Waals surface area contributed by atoms with Crippen LogP contribution < -0.4 is 4.90 Å². The summed E-state index contributed by atoms with van der Waals surface area (Å²) in [7, 11) is 0. The van der Waals surface area contributed by atoms with Crippen molar-refractivity contribution in [2.24, 2.45) is 17.8 Å². The first kappa shape index (κ1) is 20.6. The molecule has 3 heterocycles. The molecule has 4 rings (SSSR count). The Morgan fingerprint density at radius 2 is 1.62 bits per heavy atom. The maximum atomic E-state index is 14.5. The molecule has 0 spiro atoms. The Labute approximate surface area is 172 Å². The first-order valence-corrected chi connectivity index (χ1v) is 11.2. The Kier molecular flexibility index (Phi) is 6.70. The van der Waals surface area contributed by atoms with Crippen LogP contribution in [0, 0.1) is 23.6 Å². The van der Waals surface area contributed by atoms with Crippen LogP contribution in [-0.4, -0.2) is 55.3 Å². The van der Waals surface area contributed by atoms with E-state index in [1.165, 1.54) is 0 Å². The molecule has 0 saturated carbocycles. The van der Waals surface area contributed by atoms with Crippen LogP contribution in [0.3, 0.4) is 0 Å². The van der Waals surface area contributed by atoms with Gasteiger partial charge in [0, 0.05) is 50.9 Å². The highest BCUT2D eigenvalue weighted by Crippen LogP contribution is 2.35. The van der Waals surface area contributed by atoms with Gasteiger partial charge in [-0.3, -0.25) is 4.79 Å². The SMILES string of the molecule is O=C(C1CCOCC1)N1CCC(C2CCN(c3cccc(CO)c3F)CC2)CC1. The lowest BCUT2D eigenvalue weighted by Gasteiger charge is -2.41. The molecule has 0 unspecified atom stereocenters. The van der Waals surface area contributed by atoms with Crippen molar-refractivity contribution in [3.05, 3.63) is 29.6 Å². The molecule has 1 amide bonds. The molecule has 1 aromatic carbocycles. The topological polar surface area (TPSA) is 53.0 Å². The zero-order valence-electron chi connectivity index (χ0n) is 17.2. The molecule has 29 heavy (non-hydrogen) atoms. The zero-order chi connectivity index (χ0) is 20.2. The van der Waals surface area contributed by atoms with Gasteiger partial charge in [0.1, 0.15) is 0 Å². The van der Waals surface area contributed by atoms with Gasteiger partial charge in [-0.25, -0.2) is 4.39 Å². The highest BCUT2D eigenvalue weighted by atomic mass is 19.1. The number of aliphatic hydroxyl groups is 1. The van der Waals surface area contributed by atoms with Crippen molar-refractivity contribution in [2.45, 2.75) is 45.1 Å². The van der Waals surface area contributed by atoms with E-state index in [-0.39, 0.29) is 18.3 Å². The summed E-state index contributed by atoms with van der Waals surface area (Å²) in [5, 5.41) is 9.30. The highest BCUT2D eigenvalue weighted by molar-refractivity contribution is 5.79. The van der Waals surface area contributed by atoms with Gasteiger partial charge in [0.05, 0.1) is 12.3 Å². The maximum Gasteiger partial charge on any atom is 0.225 e. The van der Waals surface area contributed by atoms with Crippen molar-refractivity contribution >= 4 is 11.6 Å². The molecule has 0 radical (unpaired) electrons. The van der Waals surface area contributed by atoms with Crippen molar-refractivity contribution in [3.8, 4) is 0 Å². The fourth-order valence-corrected chi connectivity index (χ4v) is 5.34. The van der Waals surface area contributed by atoms with Gasteiger partial charge in [-0.1, -0.05) is 12.1 Å². The number of aliphatic hydroxyl groups excluding tert-OH is 1. The van der Waals surface area contributed by atoms with Gasteiger partial charge in [0.25, 0.3) is 0 Å². The molecule has 0 aliphatic carbocycles. The van der Waals surface area contributed by atoms with Crippen molar-refractivity contribution in [2.75, 3.05) is 44.3 Å². The standard InChI is InChI=1S/C23H33FN2O3/c24-22-20(16-27)2-1-3-21(22)25-10-4-17(5-11-25)18-6-12-26(13-7-18)23(28)19-8-14-29-15-9-19/h1-3,17-19,27H,4-16H2. The van der Waals surface area contributed by atoms with Gasteiger partial charge < -0.3 is 19.6 Å². The van der Waals surface area contributed by atoms with Crippen LogP contribution in [-0.2, 0) is 16.1 Å². The van der Waals surface area contributed by atoms with Crippen LogP contribution in [0.4, 0.5) is 10.1 Å². The first-order valence-electron chi connectivity index (χ1n) is 11.2. The first-order chi connectivity index (χ1) is 14.2. The molecule has 1 N–H and O–H groups in total. The summed E-state index contributed by atoms with van der Waals surface area (Å²) in [5.41, 5.74) is 0.984. The molecular weight excluding hydrogens is 371 g/mol. The Morgan fingerprint density at radius 1 is 1.00 bits per heavy atom. The number of carbonyl (C=O) groups excluding carboxylic acids is 1. The Balaban J connectivity index is 1.26. The van der Waals surface area contributed by atoms with E-state index < -0.39 is 0 Å². The summed E-state index contributed by atoms with van der Waals surface area (Å²) < 4.78 is 19.9. The molecule has 6 heteroatoms. The summed E-state index contributed by atoms with van der Waals surface area (Å²) in [6, 6.07) is 5.28. The number of likely N-dealkylation sites (tertiary alicyclic amines) is 1. The molecule has 0 atom stereocenters. The van der Waals surface area contributed by atoms with E-state index in [0.717, 1.165) is 64.7 Å². The lowest BCUT2D eigenvalue weighted by atomic mass is 9.78. The van der Waals surface area contributed by atoms with Crippen LogP contribution in [0.1, 0.15) is 44.1 Å². The molecule has 0 bridgehead atoms. The van der Waals surface area contributed by atoms with Crippen LogP contribution in [0.5, 0.6) is 0 Å². The van der Waals surface area contributed by atoms with Crippen LogP contribution in [0.25, 0.3) is 0 Å². The summed E-state index contributed by atoms with van der Waals surface area (Å²) in [5.74, 6) is 1.54. The maximum absolute atomic E-state index is 14.5. The fourth-order valence-electron chi connectivity index (χ4n) is 5.34. The summed E-state index contributed by atoms with van der Waals surface area (Å²) >= 11 is 0. The number of hydrogen-bond donors (Lipinski definition) is 1. The van der Waals surface area contributed by atoms with Gasteiger partial charge in [-0.05, 0) is 56.4 Å². The average Bonchev–Trinajstić information content (AvgIpc) is 2.80. The predicted octanol–water partition coefficient (Wildman–Crippen LogP) is 3.20. The van der Waals surface area contributed by atoms with E-state index in [1.807, 2.05) is 12.1 Å². The number of piperidine rings is 2. The van der Waals surface area contributed by atoms with Gasteiger partial charge >= 0.3 is 0 Å². The number of anilines is 1. The van der Waals surface area contributed by atoms with E-state index in [1.54, 1.807) is 6.07 Å². The lowest BCUT2D eigenvalue weighted by molar-refractivity contribution is -0.140. The van der Waals surface area contributed by atoms with Gasteiger partial charge in [-0.2, -0.15) is 0 Å². The lowest BCUT2D eigenvalue weighted by Crippen LogP contribution is -2.45. The molecule has 3 aliphatic rings. The monoisotopic (exact) mass is 404 g/mol. The van der Waals surface area contributed by atoms with Gasteiger partial charge in [0.2, 0.25) is 5.91 Å². The third-order valence-electron chi connectivity index (χ3n) is 7.20. The minimum absolute atomic E-state index is 0.160. The second kappa shape index (κ2) is 9.43. The predicted molar refractivity (Wildman–Crippen MR) is 110 cm³/mol. The van der Waals surface area contributed by atoms with E-state index in [9.17, 15) is 14.3 Å². The number of rotatable bonds is 4. The van der Waals surface area contributed by atoms with E-state index >= 15 is 0 Å². The van der Waals surface area contributed by atoms with E-state index in [0.29, 0.717) is 42.2 Å². The normalized spacial score (nSPS) is 22.8. The second-order valence-electron chi connectivity index (χ2n) is 8.78. The molecule has 5 nitrogen and oxygen atoms in total. The quantitative estimate of drug-likeness (QED) is 0.837. The van der Waals surface area contributed by atoms with Crippen LogP contribution in [0.2, 0.25) is 0 Å². The number of ether oxygens (including phenoxy) is 1. The summed E-state index contributed by atoms with van der Waals surface area (Å²) in [6.45, 7) is 4.65. The minimum Gasteiger partial charge on any atom is -0.392 e. The molecule has 3 fully saturated rings. The van der Waals surface area contributed by atoms with E-state index in [4.69, 9.17) is 4.74 Å². The van der Waals surface area contributed by atoms with Crippen LogP contribution >= 0.6 is 0 Å². The Bertz CT molecular complexity index is 691. The average molecular weight is 405 g/mol. The molecule has 1 aromatic rings. The number of nitrogens with zero attached hydrogens (tertiary/aromatic N) is 2. The largest absolute Gasteiger partial charge is 0.392 e. The minimum atomic E-state index is -0.284. The third kappa shape index (κ3) is 4.58. The second-order valence-corrected chi connectivity index (χ2v) is 8.78. The smallest absolute Gasteiger partial charge is 0.225 e. The zero-order valence-corrected chi connectivity index (χ0v) is 17.2. The fraction of sp³-hybridized carbons (Fsp3) is 0.696. The number of carbonyl (C=O) groups is 1. The van der Waals surface area contributed by atoms with Crippen molar-refractivity contribution in [1.29, 1.82) is 0 Å². The van der Waals surface area contributed by atoms with Crippen molar-refractivity contribution in [1.82, 2.24) is 4.90 Å². The highest BCUT2D eigenvalue weighted by Gasteiger charge is 2.33. The van der Waals surface area contributed by atoms with Gasteiger partial charge in [0.15, 0.2) is 5.82 Å². The summed E-state index contributed by atoms with van der Waals surface area (Å²) in [6.07, 6.45) is 6.06. The van der Waals surface area contributed by atoms with Crippen LogP contribution in [0.15, 0.2) is 18.2 Å². The Morgan fingerprint density at radius 3 is 2.24 bits per heavy atom. The van der Waals surface area contributed by atoms with Crippen molar-refractivity contribution < 1.29 is 19.0 Å².